The zero-order chi connectivity index (χ0) is 14.5. The number of anilines is 1. The summed E-state index contributed by atoms with van der Waals surface area (Å²) in [5.74, 6) is 0.232. The number of pyridine rings is 1. The third-order valence-electron chi connectivity index (χ3n) is 2.54. The van der Waals surface area contributed by atoms with Crippen molar-refractivity contribution in [2.24, 2.45) is 0 Å². The Morgan fingerprint density at radius 3 is 2.70 bits per heavy atom. The lowest BCUT2D eigenvalue weighted by Crippen LogP contribution is -2.09. The highest BCUT2D eigenvalue weighted by Crippen LogP contribution is 2.26. The lowest BCUT2D eigenvalue weighted by atomic mass is 10.2. The van der Waals surface area contributed by atoms with E-state index in [2.05, 4.69) is 10.3 Å². The molecule has 0 aliphatic rings. The highest BCUT2D eigenvalue weighted by molar-refractivity contribution is 6.42. The standard InChI is InChI=1S/C15H12Cl2N2O/c1-10-4-2-7-13(18-10)19-14(20)9-8-11-5-3-6-12(16)15(11)17/h2-9H,1H3,(H,18,19,20)/b9-8+. The van der Waals surface area contributed by atoms with Gasteiger partial charge >= 0.3 is 0 Å². The summed E-state index contributed by atoms with van der Waals surface area (Å²) in [7, 11) is 0. The average molecular weight is 307 g/mol. The first kappa shape index (κ1) is 14.6. The zero-order valence-corrected chi connectivity index (χ0v) is 12.2. The molecule has 1 N–H and O–H groups in total. The van der Waals surface area contributed by atoms with E-state index in [4.69, 9.17) is 23.2 Å². The smallest absolute Gasteiger partial charge is 0.249 e. The molecule has 1 aromatic carbocycles. The van der Waals surface area contributed by atoms with Crippen LogP contribution in [0.3, 0.4) is 0 Å². The maximum Gasteiger partial charge on any atom is 0.249 e. The predicted molar refractivity (Wildman–Crippen MR) is 83.1 cm³/mol. The molecule has 2 rings (SSSR count). The SMILES string of the molecule is Cc1cccc(NC(=O)/C=C/c2cccc(Cl)c2Cl)n1. The lowest BCUT2D eigenvalue weighted by Gasteiger charge is -2.02. The van der Waals surface area contributed by atoms with Gasteiger partial charge in [-0.3, -0.25) is 4.79 Å². The average Bonchev–Trinajstić information content (AvgIpc) is 2.40. The summed E-state index contributed by atoms with van der Waals surface area (Å²) in [4.78, 5) is 16.0. The summed E-state index contributed by atoms with van der Waals surface area (Å²) >= 11 is 11.9. The first-order valence-corrected chi connectivity index (χ1v) is 6.68. The van der Waals surface area contributed by atoms with Crippen molar-refractivity contribution in [3.63, 3.8) is 0 Å². The van der Waals surface area contributed by atoms with Gasteiger partial charge in [-0.05, 0) is 36.8 Å². The molecule has 5 heteroatoms. The number of carbonyl (C=O) groups excluding carboxylic acids is 1. The summed E-state index contributed by atoms with van der Waals surface area (Å²) in [6.45, 7) is 1.86. The molecule has 0 bridgehead atoms. The van der Waals surface area contributed by atoms with Crippen molar-refractivity contribution >= 4 is 41.0 Å². The monoisotopic (exact) mass is 306 g/mol. The molecule has 0 saturated heterocycles. The maximum absolute atomic E-state index is 11.8. The molecule has 0 aliphatic carbocycles. The Kier molecular flexibility index (Phi) is 4.77. The van der Waals surface area contributed by atoms with E-state index in [9.17, 15) is 4.79 Å². The van der Waals surface area contributed by atoms with Gasteiger partial charge in [-0.2, -0.15) is 0 Å². The summed E-state index contributed by atoms with van der Waals surface area (Å²) in [6, 6.07) is 10.7. The molecule has 0 saturated carbocycles. The van der Waals surface area contributed by atoms with Crippen molar-refractivity contribution in [2.75, 3.05) is 5.32 Å². The zero-order valence-electron chi connectivity index (χ0n) is 10.7. The van der Waals surface area contributed by atoms with Gasteiger partial charge in [-0.25, -0.2) is 4.98 Å². The van der Waals surface area contributed by atoms with Crippen molar-refractivity contribution in [3.05, 3.63) is 63.8 Å². The Labute approximate surface area is 127 Å². The molecule has 0 radical (unpaired) electrons. The fourth-order valence-corrected chi connectivity index (χ4v) is 1.97. The molecule has 1 heterocycles. The van der Waals surface area contributed by atoms with Gasteiger partial charge in [0.1, 0.15) is 5.82 Å². The van der Waals surface area contributed by atoms with Gasteiger partial charge in [0.15, 0.2) is 0 Å². The minimum Gasteiger partial charge on any atom is -0.307 e. The van der Waals surface area contributed by atoms with Gasteiger partial charge < -0.3 is 5.32 Å². The van der Waals surface area contributed by atoms with Gasteiger partial charge in [-0.15, -0.1) is 0 Å². The number of amides is 1. The first-order chi connectivity index (χ1) is 9.56. The Morgan fingerprint density at radius 2 is 1.95 bits per heavy atom. The number of nitrogens with one attached hydrogen (secondary N) is 1. The third-order valence-corrected chi connectivity index (χ3v) is 3.37. The minimum absolute atomic E-state index is 0.279. The van der Waals surface area contributed by atoms with Gasteiger partial charge in [0.25, 0.3) is 0 Å². The fourth-order valence-electron chi connectivity index (χ4n) is 1.60. The molecule has 20 heavy (non-hydrogen) atoms. The van der Waals surface area contributed by atoms with E-state index in [1.54, 1.807) is 30.3 Å². The molecule has 3 nitrogen and oxygen atoms in total. The van der Waals surface area contributed by atoms with Gasteiger partial charge in [0.05, 0.1) is 10.0 Å². The number of carbonyl (C=O) groups is 1. The summed E-state index contributed by atoms with van der Waals surface area (Å²) in [5.41, 5.74) is 1.52. The van der Waals surface area contributed by atoms with Crippen molar-refractivity contribution in [1.29, 1.82) is 0 Å². The summed E-state index contributed by atoms with van der Waals surface area (Å²) in [6.07, 6.45) is 3.00. The molecular weight excluding hydrogens is 295 g/mol. The highest BCUT2D eigenvalue weighted by atomic mass is 35.5. The number of hydrogen-bond donors (Lipinski definition) is 1. The minimum atomic E-state index is -0.279. The van der Waals surface area contributed by atoms with E-state index < -0.39 is 0 Å². The molecule has 1 aromatic heterocycles. The van der Waals surface area contributed by atoms with Crippen LogP contribution >= 0.6 is 23.2 Å². The van der Waals surface area contributed by atoms with Gasteiger partial charge in [0, 0.05) is 11.8 Å². The summed E-state index contributed by atoms with van der Waals surface area (Å²) in [5, 5.41) is 3.55. The van der Waals surface area contributed by atoms with Crippen LogP contribution in [0.1, 0.15) is 11.3 Å². The summed E-state index contributed by atoms with van der Waals surface area (Å²) < 4.78 is 0. The predicted octanol–water partition coefficient (Wildman–Crippen LogP) is 4.35. The van der Waals surface area contributed by atoms with Crippen molar-refractivity contribution in [2.45, 2.75) is 6.92 Å². The van der Waals surface area contributed by atoms with Crippen LogP contribution in [0.4, 0.5) is 5.82 Å². The van der Waals surface area contributed by atoms with E-state index in [-0.39, 0.29) is 5.91 Å². The molecule has 1 amide bonds. The van der Waals surface area contributed by atoms with E-state index in [1.807, 2.05) is 19.1 Å². The van der Waals surface area contributed by atoms with Crippen molar-refractivity contribution in [3.8, 4) is 0 Å². The molecule has 102 valence electrons. The first-order valence-electron chi connectivity index (χ1n) is 5.93. The van der Waals surface area contributed by atoms with E-state index >= 15 is 0 Å². The lowest BCUT2D eigenvalue weighted by molar-refractivity contribution is -0.111. The van der Waals surface area contributed by atoms with E-state index in [1.165, 1.54) is 6.08 Å². The molecule has 0 aliphatic heterocycles. The van der Waals surface area contributed by atoms with Crippen LogP contribution in [-0.4, -0.2) is 10.9 Å². The number of benzene rings is 1. The van der Waals surface area contributed by atoms with Crippen LogP contribution in [0.2, 0.25) is 10.0 Å². The molecule has 0 fully saturated rings. The second-order valence-corrected chi connectivity index (χ2v) is 4.92. The number of aryl methyl sites for hydroxylation is 1. The normalized spacial score (nSPS) is 10.8. The topological polar surface area (TPSA) is 42.0 Å². The van der Waals surface area contributed by atoms with Crippen LogP contribution in [-0.2, 0) is 4.79 Å². The largest absolute Gasteiger partial charge is 0.307 e. The van der Waals surface area contributed by atoms with E-state index in [0.29, 0.717) is 21.4 Å². The third kappa shape index (κ3) is 3.83. The van der Waals surface area contributed by atoms with Gasteiger partial charge in [-0.1, -0.05) is 41.4 Å². The highest BCUT2D eigenvalue weighted by Gasteiger charge is 2.03. The van der Waals surface area contributed by atoms with E-state index in [0.717, 1.165) is 5.69 Å². The number of halogens is 2. The van der Waals surface area contributed by atoms with Crippen molar-refractivity contribution in [1.82, 2.24) is 4.98 Å². The Bertz CT molecular complexity index is 669. The second kappa shape index (κ2) is 6.55. The molecule has 0 spiro atoms. The molecular formula is C15H12Cl2N2O. The molecule has 0 unspecified atom stereocenters. The molecule has 2 aromatic rings. The number of rotatable bonds is 3. The fraction of sp³-hybridized carbons (Fsp3) is 0.0667. The Balaban J connectivity index is 2.08. The number of hydrogen-bond acceptors (Lipinski definition) is 2. The Hall–Kier alpha value is -1.84. The number of nitrogens with zero attached hydrogens (tertiary/aromatic N) is 1. The van der Waals surface area contributed by atoms with Gasteiger partial charge in [0.2, 0.25) is 5.91 Å². The van der Waals surface area contributed by atoms with Crippen LogP contribution in [0.5, 0.6) is 0 Å². The maximum atomic E-state index is 11.8. The Morgan fingerprint density at radius 1 is 1.20 bits per heavy atom. The van der Waals surface area contributed by atoms with Crippen LogP contribution < -0.4 is 5.32 Å². The van der Waals surface area contributed by atoms with Crippen molar-refractivity contribution < 1.29 is 4.79 Å². The van der Waals surface area contributed by atoms with Crippen LogP contribution in [0.15, 0.2) is 42.5 Å². The quantitative estimate of drug-likeness (QED) is 0.857. The second-order valence-electron chi connectivity index (χ2n) is 4.13. The molecule has 0 atom stereocenters. The van der Waals surface area contributed by atoms with Crippen LogP contribution in [0, 0.1) is 6.92 Å². The van der Waals surface area contributed by atoms with Crippen LogP contribution in [0.25, 0.3) is 6.08 Å². The number of aromatic nitrogens is 1.